The average Bonchev–Trinajstić information content (AvgIpc) is 2.28. The Morgan fingerprint density at radius 1 is 0.895 bits per heavy atom. The fourth-order valence-corrected chi connectivity index (χ4v) is 1.63. The number of hydrogen-bond donors (Lipinski definition) is 0. The van der Waals surface area contributed by atoms with Crippen LogP contribution in [0.2, 0.25) is 0 Å². The molecule has 0 unspecified atom stereocenters. The van der Waals surface area contributed by atoms with Crippen LogP contribution in [0.5, 0.6) is 0 Å². The van der Waals surface area contributed by atoms with Crippen LogP contribution in [-0.4, -0.2) is 32.2 Å². The Morgan fingerprint density at radius 3 is 1.58 bits per heavy atom. The topological polar surface area (TPSA) is 88.1 Å². The van der Waals surface area contributed by atoms with Gasteiger partial charge >= 0.3 is 19.9 Å². The quantitative estimate of drug-likeness (QED) is 0.383. The second kappa shape index (κ2) is 9.67. The van der Waals surface area contributed by atoms with E-state index in [4.69, 9.17) is 0 Å². The molecule has 0 rings (SSSR count). The third-order valence-corrected chi connectivity index (χ3v) is 2.88. The highest BCUT2D eigenvalue weighted by atomic mass is 31.2. The van der Waals surface area contributed by atoms with Crippen molar-refractivity contribution in [2.75, 3.05) is 19.9 Å². The van der Waals surface area contributed by atoms with Crippen molar-refractivity contribution in [2.45, 2.75) is 39.5 Å². The molecule has 0 heterocycles. The molecule has 0 aliphatic rings. The molecule has 0 aromatic heterocycles. The van der Waals surface area contributed by atoms with E-state index < -0.39 is 19.9 Å². The minimum Gasteiger partial charge on any atom is -0.434 e. The second-order valence-corrected chi connectivity index (χ2v) is 5.77. The molecule has 0 bridgehead atoms. The first-order chi connectivity index (χ1) is 8.91. The zero-order valence-corrected chi connectivity index (χ0v) is 12.4. The standard InChI is InChI=1S/C11H21O7P/c1-4-6-8-15-10(12)17-19(3,14)18-11(13)16-9-7-5-2/h4-9H2,1-3H3. The average molecular weight is 296 g/mol. The largest absolute Gasteiger partial charge is 0.515 e. The molecule has 0 saturated heterocycles. The molecule has 0 fully saturated rings. The summed E-state index contributed by atoms with van der Waals surface area (Å²) in [6.07, 6.45) is 0.780. The summed E-state index contributed by atoms with van der Waals surface area (Å²) in [6.45, 7) is 5.17. The number of rotatable bonds is 8. The van der Waals surface area contributed by atoms with Crippen LogP contribution in [0.4, 0.5) is 9.59 Å². The Balaban J connectivity index is 3.99. The molecule has 0 radical (unpaired) electrons. The number of carbonyl (C=O) groups is 2. The first-order valence-electron chi connectivity index (χ1n) is 6.21. The van der Waals surface area contributed by atoms with Gasteiger partial charge < -0.3 is 18.5 Å². The van der Waals surface area contributed by atoms with Crippen molar-refractivity contribution in [3.05, 3.63) is 0 Å². The molecule has 0 amide bonds. The van der Waals surface area contributed by atoms with E-state index >= 15 is 0 Å². The SMILES string of the molecule is CCCCOC(=O)OP(C)(=O)OC(=O)OCCCC. The molecule has 112 valence electrons. The molecule has 0 aromatic carbocycles. The maximum atomic E-state index is 11.7. The minimum atomic E-state index is -3.85. The minimum absolute atomic E-state index is 0.163. The first kappa shape index (κ1) is 17.8. The van der Waals surface area contributed by atoms with Crippen molar-refractivity contribution in [3.8, 4) is 0 Å². The Hall–Kier alpha value is -1.23. The van der Waals surface area contributed by atoms with E-state index in [1.807, 2.05) is 13.8 Å². The van der Waals surface area contributed by atoms with Crippen LogP contribution in [0.3, 0.4) is 0 Å². The third kappa shape index (κ3) is 10.4. The van der Waals surface area contributed by atoms with Gasteiger partial charge in [0.15, 0.2) is 0 Å². The third-order valence-electron chi connectivity index (χ3n) is 1.92. The summed E-state index contributed by atoms with van der Waals surface area (Å²) in [4.78, 5) is 22.3. The Morgan fingerprint density at radius 2 is 1.26 bits per heavy atom. The normalized spacial score (nSPS) is 10.7. The summed E-state index contributed by atoms with van der Waals surface area (Å²) in [7, 11) is -3.85. The van der Waals surface area contributed by atoms with Gasteiger partial charge in [0.2, 0.25) is 0 Å². The highest BCUT2D eigenvalue weighted by molar-refractivity contribution is 7.54. The molecule has 19 heavy (non-hydrogen) atoms. The van der Waals surface area contributed by atoms with Crippen LogP contribution in [0.25, 0.3) is 0 Å². The molecule has 0 saturated carbocycles. The van der Waals surface area contributed by atoms with Crippen LogP contribution >= 0.6 is 7.60 Å². The number of unbranched alkanes of at least 4 members (excludes halogenated alkanes) is 2. The summed E-state index contributed by atoms with van der Waals surface area (Å²) in [6, 6.07) is 0. The lowest BCUT2D eigenvalue weighted by Crippen LogP contribution is -2.12. The van der Waals surface area contributed by atoms with E-state index in [0.29, 0.717) is 12.8 Å². The summed E-state index contributed by atoms with van der Waals surface area (Å²) in [5.41, 5.74) is 0. The van der Waals surface area contributed by atoms with Gasteiger partial charge in [-0.05, 0) is 12.8 Å². The number of hydrogen-bond acceptors (Lipinski definition) is 7. The molecular formula is C11H21O7P. The summed E-state index contributed by atoms with van der Waals surface area (Å²) < 4.78 is 29.8. The Labute approximate surface area is 113 Å². The number of ether oxygens (including phenoxy) is 2. The zero-order valence-electron chi connectivity index (χ0n) is 11.5. The molecule has 0 atom stereocenters. The molecule has 8 heteroatoms. The van der Waals surface area contributed by atoms with Crippen LogP contribution in [0.15, 0.2) is 0 Å². The molecule has 0 spiro atoms. The lowest BCUT2D eigenvalue weighted by atomic mass is 10.4. The van der Waals surface area contributed by atoms with Crippen molar-refractivity contribution in [3.63, 3.8) is 0 Å². The zero-order chi connectivity index (χ0) is 14.7. The van der Waals surface area contributed by atoms with Crippen LogP contribution in [-0.2, 0) is 23.1 Å². The Kier molecular flexibility index (Phi) is 9.04. The van der Waals surface area contributed by atoms with Gasteiger partial charge in [0, 0.05) is 0 Å². The fourth-order valence-electron chi connectivity index (χ4n) is 0.942. The second-order valence-electron chi connectivity index (χ2n) is 3.86. The van der Waals surface area contributed by atoms with Gasteiger partial charge in [-0.1, -0.05) is 26.7 Å². The van der Waals surface area contributed by atoms with Gasteiger partial charge in [-0.15, -0.1) is 0 Å². The number of carbonyl (C=O) groups excluding carboxylic acids is 2. The maximum absolute atomic E-state index is 11.7. The summed E-state index contributed by atoms with van der Waals surface area (Å²) >= 11 is 0. The van der Waals surface area contributed by atoms with E-state index in [-0.39, 0.29) is 13.2 Å². The van der Waals surface area contributed by atoms with Gasteiger partial charge in [-0.25, -0.2) is 14.2 Å². The summed E-state index contributed by atoms with van der Waals surface area (Å²) in [5.74, 6) is 0. The lowest BCUT2D eigenvalue weighted by Gasteiger charge is -2.13. The fraction of sp³-hybridized carbons (Fsp3) is 0.818. The van der Waals surface area contributed by atoms with Crippen LogP contribution in [0, 0.1) is 0 Å². The van der Waals surface area contributed by atoms with Crippen molar-refractivity contribution in [1.82, 2.24) is 0 Å². The molecule has 0 aliphatic carbocycles. The molecule has 0 aliphatic heterocycles. The van der Waals surface area contributed by atoms with Gasteiger partial charge in [0.05, 0.1) is 19.9 Å². The highest BCUT2D eigenvalue weighted by Crippen LogP contribution is 2.44. The van der Waals surface area contributed by atoms with Gasteiger partial charge in [-0.3, -0.25) is 0 Å². The van der Waals surface area contributed by atoms with Gasteiger partial charge in [-0.2, -0.15) is 0 Å². The van der Waals surface area contributed by atoms with Crippen LogP contribution < -0.4 is 0 Å². The lowest BCUT2D eigenvalue weighted by molar-refractivity contribution is 0.0771. The monoisotopic (exact) mass is 296 g/mol. The van der Waals surface area contributed by atoms with E-state index in [0.717, 1.165) is 19.5 Å². The predicted octanol–water partition coefficient (Wildman–Crippen LogP) is 3.72. The van der Waals surface area contributed by atoms with E-state index in [1.54, 1.807) is 0 Å². The smallest absolute Gasteiger partial charge is 0.434 e. The van der Waals surface area contributed by atoms with Crippen molar-refractivity contribution >= 4 is 19.9 Å². The first-order valence-corrected chi connectivity index (χ1v) is 8.20. The van der Waals surface area contributed by atoms with E-state index in [1.165, 1.54) is 0 Å². The predicted molar refractivity (Wildman–Crippen MR) is 68.2 cm³/mol. The van der Waals surface area contributed by atoms with E-state index in [9.17, 15) is 14.2 Å². The summed E-state index contributed by atoms with van der Waals surface area (Å²) in [5, 5.41) is 0. The maximum Gasteiger partial charge on any atom is 0.515 e. The van der Waals surface area contributed by atoms with Crippen molar-refractivity contribution < 1.29 is 32.7 Å². The highest BCUT2D eigenvalue weighted by Gasteiger charge is 2.28. The Bertz CT molecular complexity index is 301. The van der Waals surface area contributed by atoms with Gasteiger partial charge in [0.25, 0.3) is 0 Å². The molecular weight excluding hydrogens is 275 g/mol. The van der Waals surface area contributed by atoms with Crippen molar-refractivity contribution in [1.29, 1.82) is 0 Å². The van der Waals surface area contributed by atoms with Crippen LogP contribution in [0.1, 0.15) is 39.5 Å². The van der Waals surface area contributed by atoms with Crippen molar-refractivity contribution in [2.24, 2.45) is 0 Å². The molecule has 0 aromatic rings. The molecule has 0 N–H and O–H groups in total. The molecule has 7 nitrogen and oxygen atoms in total. The van der Waals surface area contributed by atoms with Gasteiger partial charge in [0.1, 0.15) is 0 Å². The van der Waals surface area contributed by atoms with E-state index in [2.05, 4.69) is 18.5 Å².